The molecular weight excluding hydrogens is 538 g/mol. The van der Waals surface area contributed by atoms with E-state index < -0.39 is 46.0 Å². The molecule has 224 valence electrons. The minimum atomic E-state index is -1.55. The second-order valence-corrected chi connectivity index (χ2v) is 14.2. The van der Waals surface area contributed by atoms with Gasteiger partial charge in [0.15, 0.2) is 23.3 Å². The second-order valence-electron chi connectivity index (χ2n) is 14.2. The lowest BCUT2D eigenvalue weighted by molar-refractivity contribution is -0.351. The van der Waals surface area contributed by atoms with Crippen molar-refractivity contribution in [2.45, 2.75) is 108 Å². The lowest BCUT2D eigenvalue weighted by atomic mass is 9.42. The Morgan fingerprint density at radius 2 is 1.86 bits per heavy atom. The number of ether oxygens (including phenoxy) is 4. The number of esters is 2. The van der Waals surface area contributed by atoms with Crippen molar-refractivity contribution in [3.63, 3.8) is 0 Å². The zero-order chi connectivity index (χ0) is 30.1. The summed E-state index contributed by atoms with van der Waals surface area (Å²) in [5, 5.41) is 14.1. The topological polar surface area (TPSA) is 124 Å². The molecule has 1 saturated heterocycles. The van der Waals surface area contributed by atoms with E-state index in [1.807, 2.05) is 6.07 Å². The Morgan fingerprint density at radius 3 is 2.60 bits per heavy atom. The van der Waals surface area contributed by atoms with Crippen LogP contribution in [0.5, 0.6) is 0 Å². The van der Waals surface area contributed by atoms with E-state index in [9.17, 15) is 19.5 Å². The molecule has 9 nitrogen and oxygen atoms in total. The van der Waals surface area contributed by atoms with E-state index >= 15 is 0 Å². The van der Waals surface area contributed by atoms with Gasteiger partial charge in [0.05, 0.1) is 12.2 Å². The van der Waals surface area contributed by atoms with Crippen LogP contribution >= 0.6 is 0 Å². The van der Waals surface area contributed by atoms with Gasteiger partial charge in [0.2, 0.25) is 5.60 Å². The average Bonchev–Trinajstić information content (AvgIpc) is 3.43. The zero-order valence-corrected chi connectivity index (χ0v) is 25.1. The Balaban J connectivity index is 1.26. The van der Waals surface area contributed by atoms with Gasteiger partial charge in [-0.15, -0.1) is 0 Å². The van der Waals surface area contributed by atoms with Crippen molar-refractivity contribution in [2.24, 2.45) is 11.3 Å². The Bertz CT molecular complexity index is 1590. The number of nitrogens with one attached hydrogen (secondary N) is 1. The summed E-state index contributed by atoms with van der Waals surface area (Å²) in [4.78, 5) is 42.1. The molecule has 2 N–H and O–H groups in total. The number of benzene rings is 1. The van der Waals surface area contributed by atoms with Gasteiger partial charge in [-0.1, -0.05) is 32.0 Å². The van der Waals surface area contributed by atoms with Crippen LogP contribution in [0.2, 0.25) is 0 Å². The number of aromatic nitrogens is 1. The van der Waals surface area contributed by atoms with Crippen LogP contribution in [0.25, 0.3) is 10.9 Å². The van der Waals surface area contributed by atoms with Crippen molar-refractivity contribution in [3.05, 3.63) is 47.2 Å². The van der Waals surface area contributed by atoms with Crippen molar-refractivity contribution in [2.75, 3.05) is 6.61 Å². The van der Waals surface area contributed by atoms with Gasteiger partial charge >= 0.3 is 11.9 Å². The number of H-pyrrole nitrogens is 1. The lowest BCUT2D eigenvalue weighted by Crippen LogP contribution is -2.74. The highest BCUT2D eigenvalue weighted by atomic mass is 16.7. The Morgan fingerprint density at radius 1 is 1.12 bits per heavy atom. The third-order valence-corrected chi connectivity index (χ3v) is 11.5. The number of aromatic amines is 1. The van der Waals surface area contributed by atoms with E-state index in [1.165, 1.54) is 43.5 Å². The third kappa shape index (κ3) is 3.27. The highest BCUT2D eigenvalue weighted by Crippen LogP contribution is 2.71. The number of carbonyl (C=O) groups excluding carboxylic acids is 3. The summed E-state index contributed by atoms with van der Waals surface area (Å²) in [6, 6.07) is 8.37. The van der Waals surface area contributed by atoms with E-state index in [0.717, 1.165) is 18.4 Å². The molecule has 7 atom stereocenters. The molecule has 7 unspecified atom stereocenters. The van der Waals surface area contributed by atoms with Crippen molar-refractivity contribution in [1.29, 1.82) is 0 Å². The number of hydrogen-bond donors (Lipinski definition) is 2. The van der Waals surface area contributed by atoms with E-state index in [-0.39, 0.29) is 17.8 Å². The zero-order valence-electron chi connectivity index (χ0n) is 25.1. The number of fused-ring (bicyclic) bond motifs is 9. The quantitative estimate of drug-likeness (QED) is 0.521. The van der Waals surface area contributed by atoms with Crippen molar-refractivity contribution in [1.82, 2.24) is 4.98 Å². The number of hydrogen-bond acceptors (Lipinski definition) is 8. The number of ketones is 1. The molecular formula is C33H39NO8. The van der Waals surface area contributed by atoms with Gasteiger partial charge in [-0.3, -0.25) is 9.59 Å². The summed E-state index contributed by atoms with van der Waals surface area (Å²) in [5.74, 6) is -2.75. The number of aliphatic hydroxyl groups is 1. The molecule has 3 heterocycles. The average molecular weight is 578 g/mol. The molecule has 2 bridgehead atoms. The van der Waals surface area contributed by atoms with Gasteiger partial charge in [0.25, 0.3) is 0 Å². The second kappa shape index (κ2) is 8.33. The van der Waals surface area contributed by atoms with Crippen LogP contribution in [0, 0.1) is 11.3 Å². The maximum absolute atomic E-state index is 13.8. The fourth-order valence-corrected chi connectivity index (χ4v) is 9.06. The van der Waals surface area contributed by atoms with Crippen molar-refractivity contribution < 1.29 is 38.4 Å². The molecule has 5 aliphatic rings. The minimum absolute atomic E-state index is 0.110. The molecule has 2 saturated carbocycles. The molecule has 1 aromatic heterocycles. The first-order chi connectivity index (χ1) is 19.6. The number of carbonyl (C=O) groups is 3. The molecule has 3 aliphatic carbocycles. The summed E-state index contributed by atoms with van der Waals surface area (Å²) in [7, 11) is 0. The smallest absolute Gasteiger partial charge is 0.350 e. The normalized spacial score (nSPS) is 40.4. The first-order valence-corrected chi connectivity index (χ1v) is 14.9. The predicted octanol–water partition coefficient (Wildman–Crippen LogP) is 4.19. The summed E-state index contributed by atoms with van der Waals surface area (Å²) in [5.41, 5.74) is -1.22. The van der Waals surface area contributed by atoms with Crippen LogP contribution in [0.4, 0.5) is 0 Å². The van der Waals surface area contributed by atoms with Crippen molar-refractivity contribution in [3.8, 4) is 0 Å². The lowest BCUT2D eigenvalue weighted by Gasteiger charge is -2.67. The van der Waals surface area contributed by atoms with Crippen LogP contribution in [0.15, 0.2) is 35.9 Å². The SMILES string of the molecule is CC(=O)OC(C)(C)C(=O)OC1(C)COC23CCC4(C)C(O)(CCC5Cc6c([nH]c7ccccc67)C54C)C2=CC(=O)C1O3. The van der Waals surface area contributed by atoms with E-state index in [0.29, 0.717) is 30.8 Å². The fraction of sp³-hybridized carbons (Fsp3) is 0.606. The maximum atomic E-state index is 13.8. The maximum Gasteiger partial charge on any atom is 0.350 e. The number of rotatable bonds is 3. The van der Waals surface area contributed by atoms with Crippen LogP contribution in [-0.2, 0) is 45.2 Å². The van der Waals surface area contributed by atoms with Gasteiger partial charge in [-0.05, 0) is 70.1 Å². The van der Waals surface area contributed by atoms with E-state index in [4.69, 9.17) is 18.9 Å². The highest BCUT2D eigenvalue weighted by Gasteiger charge is 2.74. The Labute approximate surface area is 244 Å². The van der Waals surface area contributed by atoms with Crippen LogP contribution in [0.3, 0.4) is 0 Å². The molecule has 9 heteroatoms. The largest absolute Gasteiger partial charge is 0.451 e. The Hall–Kier alpha value is -3.01. The van der Waals surface area contributed by atoms with Crippen molar-refractivity contribution >= 4 is 28.6 Å². The molecule has 1 spiro atoms. The standard InChI is InChI=1S/C33H39NO8/c1-18(35)40-28(2,3)27(37)42-29(4)17-39-33-14-13-30(5)31(6)19(15-21-20-9-7-8-10-22(20)34-25(21)31)11-12-32(30,38)24(33)16-23(36)26(29)41-33/h7-10,16,19,26,34,38H,11-15,17H2,1-6H3. The monoisotopic (exact) mass is 577 g/mol. The van der Waals surface area contributed by atoms with E-state index in [1.54, 1.807) is 6.92 Å². The summed E-state index contributed by atoms with van der Waals surface area (Å²) in [6.45, 7) is 10.00. The fourth-order valence-electron chi connectivity index (χ4n) is 9.06. The summed E-state index contributed by atoms with van der Waals surface area (Å²) < 4.78 is 23.8. The molecule has 1 aromatic carbocycles. The van der Waals surface area contributed by atoms with Gasteiger partial charge in [0.1, 0.15) is 0 Å². The molecule has 0 amide bonds. The Kier molecular flexibility index (Phi) is 5.51. The van der Waals surface area contributed by atoms with Gasteiger partial charge in [-0.25, -0.2) is 4.79 Å². The van der Waals surface area contributed by atoms with Crippen LogP contribution in [-0.4, -0.2) is 63.1 Å². The minimum Gasteiger partial charge on any atom is -0.451 e. The van der Waals surface area contributed by atoms with Gasteiger partial charge in [-0.2, -0.15) is 0 Å². The molecule has 3 fully saturated rings. The van der Waals surface area contributed by atoms with Gasteiger partial charge in [0, 0.05) is 46.3 Å². The molecule has 7 rings (SSSR count). The summed E-state index contributed by atoms with van der Waals surface area (Å²) in [6.07, 6.45) is 3.67. The van der Waals surface area contributed by atoms with Gasteiger partial charge < -0.3 is 29.0 Å². The summed E-state index contributed by atoms with van der Waals surface area (Å²) >= 11 is 0. The predicted molar refractivity (Wildman–Crippen MR) is 151 cm³/mol. The molecule has 2 aliphatic heterocycles. The molecule has 42 heavy (non-hydrogen) atoms. The first-order valence-electron chi connectivity index (χ1n) is 14.9. The number of para-hydroxylation sites is 1. The van der Waals surface area contributed by atoms with E-state index in [2.05, 4.69) is 37.0 Å². The highest BCUT2D eigenvalue weighted by molar-refractivity contribution is 5.97. The third-order valence-electron chi connectivity index (χ3n) is 11.5. The van der Waals surface area contributed by atoms with Crippen LogP contribution < -0.4 is 0 Å². The molecule has 2 aromatic rings. The first kappa shape index (κ1) is 27.8. The molecule has 0 radical (unpaired) electrons. The van der Waals surface area contributed by atoms with Crippen LogP contribution in [0.1, 0.15) is 78.5 Å².